The van der Waals surface area contributed by atoms with E-state index in [-0.39, 0.29) is 23.7 Å². The number of aliphatic hydroxyl groups is 1. The standard InChI is InChI=1S/C11H15N3O5/c15-5-3-1-2-4-12-10-9(14(18)19)6-8(7-13-10)11(16)17/h6-7,15H,1-5H2,(H,12,13)(H,16,17). The molecule has 0 aliphatic rings. The largest absolute Gasteiger partial charge is 0.478 e. The third kappa shape index (κ3) is 4.51. The molecule has 0 atom stereocenters. The van der Waals surface area contributed by atoms with E-state index < -0.39 is 10.9 Å². The molecule has 0 unspecified atom stereocenters. The second kappa shape index (κ2) is 7.27. The fourth-order valence-corrected chi connectivity index (χ4v) is 1.47. The molecule has 0 saturated carbocycles. The lowest BCUT2D eigenvalue weighted by molar-refractivity contribution is -0.384. The maximum absolute atomic E-state index is 10.8. The smallest absolute Gasteiger partial charge is 0.337 e. The summed E-state index contributed by atoms with van der Waals surface area (Å²) in [6, 6.07) is 0.978. The number of nitrogens with one attached hydrogen (secondary N) is 1. The van der Waals surface area contributed by atoms with Gasteiger partial charge >= 0.3 is 11.7 Å². The number of aromatic carboxylic acids is 1. The van der Waals surface area contributed by atoms with E-state index in [1.807, 2.05) is 0 Å². The van der Waals surface area contributed by atoms with Crippen molar-refractivity contribution in [2.24, 2.45) is 0 Å². The average Bonchev–Trinajstić information content (AvgIpc) is 2.38. The zero-order valence-electron chi connectivity index (χ0n) is 10.2. The van der Waals surface area contributed by atoms with Crippen LogP contribution in [0.25, 0.3) is 0 Å². The quantitative estimate of drug-likeness (QED) is 0.368. The number of aromatic nitrogens is 1. The van der Waals surface area contributed by atoms with E-state index in [9.17, 15) is 14.9 Å². The fraction of sp³-hybridized carbons (Fsp3) is 0.455. The highest BCUT2D eigenvalue weighted by Gasteiger charge is 2.18. The van der Waals surface area contributed by atoms with Gasteiger partial charge in [0.1, 0.15) is 0 Å². The third-order valence-corrected chi connectivity index (χ3v) is 2.44. The number of rotatable bonds is 8. The number of nitro groups is 1. The number of carbonyl (C=O) groups is 1. The van der Waals surface area contributed by atoms with Gasteiger partial charge in [0.05, 0.1) is 10.5 Å². The fourth-order valence-electron chi connectivity index (χ4n) is 1.47. The highest BCUT2D eigenvalue weighted by Crippen LogP contribution is 2.22. The molecule has 1 aromatic heterocycles. The summed E-state index contributed by atoms with van der Waals surface area (Å²) in [4.78, 5) is 24.6. The maximum atomic E-state index is 10.8. The van der Waals surface area contributed by atoms with Gasteiger partial charge in [0.15, 0.2) is 0 Å². The van der Waals surface area contributed by atoms with E-state index in [2.05, 4.69) is 10.3 Å². The Morgan fingerprint density at radius 2 is 2.16 bits per heavy atom. The first-order valence-corrected chi connectivity index (χ1v) is 5.78. The van der Waals surface area contributed by atoms with E-state index in [1.165, 1.54) is 0 Å². The number of carboxylic acids is 1. The Morgan fingerprint density at radius 1 is 1.42 bits per heavy atom. The van der Waals surface area contributed by atoms with Gasteiger partial charge in [0.25, 0.3) is 0 Å². The van der Waals surface area contributed by atoms with Crippen molar-refractivity contribution in [2.75, 3.05) is 18.5 Å². The number of anilines is 1. The van der Waals surface area contributed by atoms with Gasteiger partial charge in [-0.2, -0.15) is 0 Å². The molecule has 3 N–H and O–H groups in total. The van der Waals surface area contributed by atoms with Crippen LogP contribution in [-0.2, 0) is 0 Å². The average molecular weight is 269 g/mol. The summed E-state index contributed by atoms with van der Waals surface area (Å²) >= 11 is 0. The summed E-state index contributed by atoms with van der Waals surface area (Å²) < 4.78 is 0. The highest BCUT2D eigenvalue weighted by atomic mass is 16.6. The van der Waals surface area contributed by atoms with Crippen LogP contribution in [0.5, 0.6) is 0 Å². The summed E-state index contributed by atoms with van der Waals surface area (Å²) in [6.45, 7) is 0.589. The van der Waals surface area contributed by atoms with Crippen molar-refractivity contribution in [3.63, 3.8) is 0 Å². The first-order valence-electron chi connectivity index (χ1n) is 5.78. The summed E-state index contributed by atoms with van der Waals surface area (Å²) in [7, 11) is 0. The number of aliphatic hydroxyl groups excluding tert-OH is 1. The van der Waals surface area contributed by atoms with E-state index in [0.29, 0.717) is 13.0 Å². The van der Waals surface area contributed by atoms with Gasteiger partial charge in [-0.25, -0.2) is 9.78 Å². The van der Waals surface area contributed by atoms with Gasteiger partial charge in [-0.3, -0.25) is 10.1 Å². The molecule has 1 heterocycles. The van der Waals surface area contributed by atoms with Gasteiger partial charge in [-0.05, 0) is 19.3 Å². The number of unbranched alkanes of at least 4 members (excludes halogenated alkanes) is 2. The Labute approximate surface area is 109 Å². The lowest BCUT2D eigenvalue weighted by atomic mass is 10.2. The van der Waals surface area contributed by atoms with E-state index in [0.717, 1.165) is 25.1 Å². The molecule has 1 aromatic rings. The molecule has 104 valence electrons. The Balaban J connectivity index is 2.71. The van der Waals surface area contributed by atoms with Crippen LogP contribution >= 0.6 is 0 Å². The molecule has 0 saturated heterocycles. The van der Waals surface area contributed by atoms with Crippen LogP contribution in [0.2, 0.25) is 0 Å². The predicted molar refractivity (Wildman–Crippen MR) is 67.3 cm³/mol. The van der Waals surface area contributed by atoms with Crippen LogP contribution in [0.15, 0.2) is 12.3 Å². The number of hydrogen-bond donors (Lipinski definition) is 3. The molecule has 0 amide bonds. The van der Waals surface area contributed by atoms with E-state index >= 15 is 0 Å². The van der Waals surface area contributed by atoms with Gasteiger partial charge in [-0.15, -0.1) is 0 Å². The second-order valence-corrected chi connectivity index (χ2v) is 3.87. The van der Waals surface area contributed by atoms with Gasteiger partial charge in [0.2, 0.25) is 5.82 Å². The summed E-state index contributed by atoms with van der Waals surface area (Å²) in [6.07, 6.45) is 3.28. The maximum Gasteiger partial charge on any atom is 0.337 e. The lowest BCUT2D eigenvalue weighted by Crippen LogP contribution is -2.08. The number of hydrogen-bond acceptors (Lipinski definition) is 6. The van der Waals surface area contributed by atoms with Gasteiger partial charge < -0.3 is 15.5 Å². The molecule has 0 aromatic carbocycles. The normalized spacial score (nSPS) is 10.2. The molecule has 0 aliphatic carbocycles. The first-order chi connectivity index (χ1) is 9.06. The monoisotopic (exact) mass is 269 g/mol. The molecular formula is C11H15N3O5. The zero-order valence-corrected chi connectivity index (χ0v) is 10.2. The Kier molecular flexibility index (Phi) is 5.68. The van der Waals surface area contributed by atoms with Crippen molar-refractivity contribution >= 4 is 17.5 Å². The van der Waals surface area contributed by atoms with Crippen molar-refractivity contribution in [1.82, 2.24) is 4.98 Å². The molecule has 8 nitrogen and oxygen atoms in total. The van der Waals surface area contributed by atoms with Crippen molar-refractivity contribution < 1.29 is 19.9 Å². The van der Waals surface area contributed by atoms with Crippen molar-refractivity contribution in [1.29, 1.82) is 0 Å². The van der Waals surface area contributed by atoms with Crippen LogP contribution in [0.4, 0.5) is 11.5 Å². The van der Waals surface area contributed by atoms with Crippen LogP contribution in [0, 0.1) is 10.1 Å². The van der Waals surface area contributed by atoms with Crippen LogP contribution < -0.4 is 5.32 Å². The second-order valence-electron chi connectivity index (χ2n) is 3.87. The summed E-state index contributed by atoms with van der Waals surface area (Å²) in [5.74, 6) is -1.20. The lowest BCUT2D eigenvalue weighted by Gasteiger charge is -2.06. The molecule has 8 heteroatoms. The van der Waals surface area contributed by atoms with Crippen LogP contribution in [0.3, 0.4) is 0 Å². The number of pyridine rings is 1. The van der Waals surface area contributed by atoms with E-state index in [1.54, 1.807) is 0 Å². The molecule has 0 fully saturated rings. The van der Waals surface area contributed by atoms with E-state index in [4.69, 9.17) is 10.2 Å². The summed E-state index contributed by atoms with van der Waals surface area (Å²) in [5, 5.41) is 31.0. The van der Waals surface area contributed by atoms with Crippen LogP contribution in [0.1, 0.15) is 29.6 Å². The topological polar surface area (TPSA) is 126 Å². The Bertz CT molecular complexity index is 464. The van der Waals surface area contributed by atoms with Gasteiger partial charge in [-0.1, -0.05) is 0 Å². The molecule has 1 rings (SSSR count). The molecule has 0 spiro atoms. The van der Waals surface area contributed by atoms with Crippen LogP contribution in [-0.4, -0.2) is 39.2 Å². The number of carboxylic acid groups (broad SMARTS) is 1. The molecule has 19 heavy (non-hydrogen) atoms. The molecule has 0 aliphatic heterocycles. The minimum atomic E-state index is -1.26. The minimum absolute atomic E-state index is 0.0546. The Hall–Kier alpha value is -2.22. The first kappa shape index (κ1) is 14.8. The predicted octanol–water partition coefficient (Wildman–Crippen LogP) is 1.26. The Morgan fingerprint density at radius 3 is 2.74 bits per heavy atom. The zero-order chi connectivity index (χ0) is 14.3. The SMILES string of the molecule is O=C(O)c1cnc(NCCCCCO)c([N+](=O)[O-])c1. The molecule has 0 radical (unpaired) electrons. The van der Waals surface area contributed by atoms with Crippen molar-refractivity contribution in [2.45, 2.75) is 19.3 Å². The van der Waals surface area contributed by atoms with Crippen molar-refractivity contribution in [3.8, 4) is 0 Å². The van der Waals surface area contributed by atoms with Crippen molar-refractivity contribution in [3.05, 3.63) is 27.9 Å². The third-order valence-electron chi connectivity index (χ3n) is 2.44. The highest BCUT2D eigenvalue weighted by molar-refractivity contribution is 5.88. The minimum Gasteiger partial charge on any atom is -0.478 e. The van der Waals surface area contributed by atoms with Gasteiger partial charge in [0, 0.05) is 25.4 Å². The number of nitrogens with zero attached hydrogens (tertiary/aromatic N) is 2. The summed E-state index contributed by atoms with van der Waals surface area (Å²) in [5.41, 5.74) is -0.584. The molecular weight excluding hydrogens is 254 g/mol. The molecule has 0 bridgehead atoms.